The van der Waals surface area contributed by atoms with E-state index in [4.69, 9.17) is 9.68 Å². The first kappa shape index (κ1) is 14.0. The molecule has 0 aliphatic heterocycles. The second-order valence-electron chi connectivity index (χ2n) is 4.07. The van der Waals surface area contributed by atoms with Gasteiger partial charge in [0, 0.05) is 0 Å². The molecule has 0 spiro atoms. The van der Waals surface area contributed by atoms with Crippen molar-refractivity contribution in [2.75, 3.05) is 0 Å². The molecule has 5 heteroatoms. The zero-order chi connectivity index (χ0) is 14.0. The summed E-state index contributed by atoms with van der Waals surface area (Å²) in [6.45, 7) is 0.850. The Morgan fingerprint density at radius 3 is 1.55 bits per heavy atom. The highest BCUT2D eigenvalue weighted by Gasteiger charge is 2.03. The van der Waals surface area contributed by atoms with Gasteiger partial charge in [-0.25, -0.2) is 0 Å². The Balaban J connectivity index is 1.59. The van der Waals surface area contributed by atoms with E-state index < -0.39 is 6.16 Å². The standard InChI is InChI=1S/C15H16N2O3/c18-15(19-16-11-13-7-3-1-4-8-13)20-17-12-14-9-5-2-6-10-14/h1-10,16-17H,11-12H2. The van der Waals surface area contributed by atoms with Crippen LogP contribution in [-0.2, 0) is 22.8 Å². The zero-order valence-electron chi connectivity index (χ0n) is 10.9. The summed E-state index contributed by atoms with van der Waals surface area (Å²) in [5.41, 5.74) is 7.09. The number of nitrogens with one attached hydrogen (secondary N) is 2. The van der Waals surface area contributed by atoms with Gasteiger partial charge in [0.05, 0.1) is 13.1 Å². The van der Waals surface area contributed by atoms with Crippen LogP contribution in [0, 0.1) is 0 Å². The van der Waals surface area contributed by atoms with Crippen molar-refractivity contribution in [2.24, 2.45) is 0 Å². The number of hydrogen-bond donors (Lipinski definition) is 2. The van der Waals surface area contributed by atoms with Crippen LogP contribution in [0.25, 0.3) is 0 Å². The largest absolute Gasteiger partial charge is 0.547 e. The van der Waals surface area contributed by atoms with E-state index in [1.54, 1.807) is 0 Å². The van der Waals surface area contributed by atoms with E-state index in [9.17, 15) is 4.79 Å². The SMILES string of the molecule is O=C(ONCc1ccccc1)ONCc1ccccc1. The van der Waals surface area contributed by atoms with Gasteiger partial charge in [-0.2, -0.15) is 4.79 Å². The third-order valence-electron chi connectivity index (χ3n) is 2.55. The van der Waals surface area contributed by atoms with Crippen molar-refractivity contribution in [3.8, 4) is 0 Å². The third kappa shape index (κ3) is 5.09. The molecule has 20 heavy (non-hydrogen) atoms. The number of hydrogen-bond acceptors (Lipinski definition) is 5. The lowest BCUT2D eigenvalue weighted by atomic mass is 10.2. The molecule has 0 radical (unpaired) electrons. The Kier molecular flexibility index (Phi) is 5.57. The molecule has 0 saturated carbocycles. The molecule has 0 aliphatic rings. The van der Waals surface area contributed by atoms with E-state index in [1.807, 2.05) is 60.7 Å². The molecule has 2 aromatic carbocycles. The molecule has 2 N–H and O–H groups in total. The summed E-state index contributed by atoms with van der Waals surface area (Å²) >= 11 is 0. The Morgan fingerprint density at radius 1 is 0.750 bits per heavy atom. The Labute approximate surface area is 117 Å². The molecule has 0 fully saturated rings. The minimum absolute atomic E-state index is 0.425. The van der Waals surface area contributed by atoms with Gasteiger partial charge in [-0.1, -0.05) is 60.7 Å². The molecule has 0 heterocycles. The number of carbonyl (C=O) groups is 1. The van der Waals surface area contributed by atoms with Gasteiger partial charge in [0.1, 0.15) is 0 Å². The summed E-state index contributed by atoms with van der Waals surface area (Å²) < 4.78 is 0. The van der Waals surface area contributed by atoms with Crippen molar-refractivity contribution in [3.05, 3.63) is 71.8 Å². The van der Waals surface area contributed by atoms with Gasteiger partial charge >= 0.3 is 6.16 Å². The molecule has 2 rings (SSSR count). The average molecular weight is 272 g/mol. The lowest BCUT2D eigenvalue weighted by molar-refractivity contribution is -0.0172. The van der Waals surface area contributed by atoms with Crippen LogP contribution in [0.4, 0.5) is 4.79 Å². The van der Waals surface area contributed by atoms with Crippen LogP contribution >= 0.6 is 0 Å². The smallest absolute Gasteiger partial charge is 0.337 e. The van der Waals surface area contributed by atoms with Crippen molar-refractivity contribution < 1.29 is 14.5 Å². The van der Waals surface area contributed by atoms with Gasteiger partial charge in [-0.05, 0) is 11.1 Å². The first-order valence-corrected chi connectivity index (χ1v) is 6.26. The van der Waals surface area contributed by atoms with Crippen LogP contribution in [0.3, 0.4) is 0 Å². The molecule has 0 aromatic heterocycles. The molecule has 0 bridgehead atoms. The summed E-state index contributed by atoms with van der Waals surface area (Å²) in [6.07, 6.45) is -0.822. The van der Waals surface area contributed by atoms with Crippen LogP contribution < -0.4 is 11.0 Å². The monoisotopic (exact) mass is 272 g/mol. The maximum absolute atomic E-state index is 11.3. The Hall–Kier alpha value is -2.37. The molecular weight excluding hydrogens is 256 g/mol. The predicted molar refractivity (Wildman–Crippen MR) is 74.1 cm³/mol. The highest BCUT2D eigenvalue weighted by Crippen LogP contribution is 1.98. The van der Waals surface area contributed by atoms with Crippen LogP contribution in [-0.4, -0.2) is 6.16 Å². The molecular formula is C15H16N2O3. The van der Waals surface area contributed by atoms with Crippen molar-refractivity contribution in [1.29, 1.82) is 0 Å². The van der Waals surface area contributed by atoms with Gasteiger partial charge in [0.2, 0.25) is 0 Å². The predicted octanol–water partition coefficient (Wildman–Crippen LogP) is 2.55. The first-order chi connectivity index (χ1) is 9.84. The maximum Gasteiger partial charge on any atom is 0.547 e. The summed E-state index contributed by atoms with van der Waals surface area (Å²) in [4.78, 5) is 20.7. The minimum atomic E-state index is -0.822. The van der Waals surface area contributed by atoms with Crippen LogP contribution in [0.15, 0.2) is 60.7 Å². The van der Waals surface area contributed by atoms with E-state index in [-0.39, 0.29) is 0 Å². The fraction of sp³-hybridized carbons (Fsp3) is 0.133. The highest BCUT2D eigenvalue weighted by atomic mass is 16.9. The van der Waals surface area contributed by atoms with Crippen LogP contribution in [0.2, 0.25) is 0 Å². The topological polar surface area (TPSA) is 59.6 Å². The van der Waals surface area contributed by atoms with E-state index in [2.05, 4.69) is 11.0 Å². The van der Waals surface area contributed by atoms with Crippen LogP contribution in [0.5, 0.6) is 0 Å². The van der Waals surface area contributed by atoms with Gasteiger partial charge in [-0.15, -0.1) is 11.0 Å². The van der Waals surface area contributed by atoms with Crippen LogP contribution in [0.1, 0.15) is 11.1 Å². The van der Waals surface area contributed by atoms with Gasteiger partial charge in [-0.3, -0.25) is 0 Å². The number of carbonyl (C=O) groups excluding carboxylic acids is 1. The van der Waals surface area contributed by atoms with Gasteiger partial charge < -0.3 is 9.68 Å². The molecule has 0 atom stereocenters. The van der Waals surface area contributed by atoms with Crippen molar-refractivity contribution >= 4 is 6.16 Å². The molecule has 0 amide bonds. The summed E-state index contributed by atoms with van der Waals surface area (Å²) in [6, 6.07) is 19.2. The fourth-order valence-corrected chi connectivity index (χ4v) is 1.57. The summed E-state index contributed by atoms with van der Waals surface area (Å²) in [7, 11) is 0. The second kappa shape index (κ2) is 7.93. The molecule has 2 aromatic rings. The molecule has 0 saturated heterocycles. The zero-order valence-corrected chi connectivity index (χ0v) is 10.9. The summed E-state index contributed by atoms with van der Waals surface area (Å²) in [5.74, 6) is 0. The lowest BCUT2D eigenvalue weighted by Crippen LogP contribution is -2.25. The van der Waals surface area contributed by atoms with E-state index in [0.29, 0.717) is 13.1 Å². The quantitative estimate of drug-likeness (QED) is 0.791. The van der Waals surface area contributed by atoms with E-state index in [0.717, 1.165) is 11.1 Å². The molecule has 0 aliphatic carbocycles. The fourth-order valence-electron chi connectivity index (χ4n) is 1.57. The normalized spacial score (nSPS) is 10.0. The number of hydroxylamine groups is 2. The van der Waals surface area contributed by atoms with Gasteiger partial charge in [0.15, 0.2) is 0 Å². The number of benzene rings is 2. The maximum atomic E-state index is 11.3. The van der Waals surface area contributed by atoms with E-state index >= 15 is 0 Å². The van der Waals surface area contributed by atoms with Crippen molar-refractivity contribution in [1.82, 2.24) is 11.0 Å². The Bertz CT molecular complexity index is 470. The first-order valence-electron chi connectivity index (χ1n) is 6.26. The van der Waals surface area contributed by atoms with E-state index in [1.165, 1.54) is 0 Å². The number of rotatable bonds is 6. The van der Waals surface area contributed by atoms with Crippen molar-refractivity contribution in [2.45, 2.75) is 13.1 Å². The minimum Gasteiger partial charge on any atom is -0.337 e. The van der Waals surface area contributed by atoms with Gasteiger partial charge in [0.25, 0.3) is 0 Å². The van der Waals surface area contributed by atoms with Crippen molar-refractivity contribution in [3.63, 3.8) is 0 Å². The molecule has 0 unspecified atom stereocenters. The third-order valence-corrected chi connectivity index (χ3v) is 2.55. The summed E-state index contributed by atoms with van der Waals surface area (Å²) in [5, 5.41) is 0. The molecule has 104 valence electrons. The second-order valence-corrected chi connectivity index (χ2v) is 4.07. The average Bonchev–Trinajstić information content (AvgIpc) is 2.49. The Morgan fingerprint density at radius 2 is 1.15 bits per heavy atom. The lowest BCUT2D eigenvalue weighted by Gasteiger charge is -2.07. The molecule has 5 nitrogen and oxygen atoms in total. The highest BCUT2D eigenvalue weighted by molar-refractivity contribution is 5.58.